The minimum atomic E-state index is 0.0765. The number of benzene rings is 2. The van der Waals surface area contributed by atoms with Crippen LogP contribution in [0.4, 0.5) is 5.82 Å². The summed E-state index contributed by atoms with van der Waals surface area (Å²) in [4.78, 5) is 11.9. The molecule has 0 aliphatic carbocycles. The van der Waals surface area contributed by atoms with Crippen LogP contribution in [0.3, 0.4) is 0 Å². The van der Waals surface area contributed by atoms with Crippen LogP contribution in [0.1, 0.15) is 22.9 Å². The first-order chi connectivity index (χ1) is 11.7. The number of morpholine rings is 1. The molecule has 0 bridgehead atoms. The van der Waals surface area contributed by atoms with Gasteiger partial charge < -0.3 is 9.64 Å². The lowest BCUT2D eigenvalue weighted by Crippen LogP contribution is -2.39. The van der Waals surface area contributed by atoms with Crippen LogP contribution in [0.15, 0.2) is 48.5 Å². The fraction of sp³-hybridized carbons (Fsp3) is 0.300. The van der Waals surface area contributed by atoms with Crippen molar-refractivity contribution in [3.05, 3.63) is 65.4 Å². The van der Waals surface area contributed by atoms with Gasteiger partial charge >= 0.3 is 0 Å². The second-order valence-corrected chi connectivity index (χ2v) is 6.28. The van der Waals surface area contributed by atoms with Gasteiger partial charge in [0, 0.05) is 13.1 Å². The van der Waals surface area contributed by atoms with E-state index in [1.807, 2.05) is 31.2 Å². The summed E-state index contributed by atoms with van der Waals surface area (Å²) in [5.41, 5.74) is 5.39. The highest BCUT2D eigenvalue weighted by Gasteiger charge is 2.25. The number of hydrogen-bond acceptors (Lipinski definition) is 4. The van der Waals surface area contributed by atoms with Gasteiger partial charge in [0.15, 0.2) is 5.82 Å². The number of hydrogen-bond donors (Lipinski definition) is 0. The fourth-order valence-corrected chi connectivity index (χ4v) is 3.36. The first kappa shape index (κ1) is 15.1. The van der Waals surface area contributed by atoms with Gasteiger partial charge in [-0.25, -0.2) is 9.97 Å². The van der Waals surface area contributed by atoms with Crippen LogP contribution in [0.5, 0.6) is 0 Å². The minimum absolute atomic E-state index is 0.0765. The Morgan fingerprint density at radius 2 is 1.67 bits per heavy atom. The van der Waals surface area contributed by atoms with Crippen LogP contribution in [-0.2, 0) is 4.74 Å². The number of rotatable bonds is 2. The summed E-state index contributed by atoms with van der Waals surface area (Å²) in [7, 11) is 0. The molecule has 1 atom stereocenters. The maximum atomic E-state index is 6.03. The van der Waals surface area contributed by atoms with Gasteiger partial charge in [0.1, 0.15) is 6.10 Å². The van der Waals surface area contributed by atoms with Gasteiger partial charge in [0.25, 0.3) is 0 Å². The summed E-state index contributed by atoms with van der Waals surface area (Å²) in [6.45, 7) is 6.52. The van der Waals surface area contributed by atoms with Gasteiger partial charge in [0.2, 0.25) is 0 Å². The number of ether oxygens (including phenoxy) is 1. The molecular weight excluding hydrogens is 298 g/mol. The van der Waals surface area contributed by atoms with Crippen molar-refractivity contribution in [3.8, 4) is 0 Å². The maximum Gasteiger partial charge on any atom is 0.150 e. The molecule has 0 spiro atoms. The molecule has 0 radical (unpaired) electrons. The third-order valence-corrected chi connectivity index (χ3v) is 4.62. The van der Waals surface area contributed by atoms with Crippen molar-refractivity contribution in [2.45, 2.75) is 20.0 Å². The van der Waals surface area contributed by atoms with Crippen LogP contribution < -0.4 is 4.90 Å². The Morgan fingerprint density at radius 3 is 2.46 bits per heavy atom. The van der Waals surface area contributed by atoms with Crippen LogP contribution in [-0.4, -0.2) is 29.7 Å². The summed E-state index contributed by atoms with van der Waals surface area (Å²) < 4.78 is 6.03. The molecule has 122 valence electrons. The van der Waals surface area contributed by atoms with Gasteiger partial charge in [-0.05, 0) is 37.1 Å². The van der Waals surface area contributed by atoms with Crippen LogP contribution in [0, 0.1) is 13.8 Å². The van der Waals surface area contributed by atoms with Crippen molar-refractivity contribution in [2.24, 2.45) is 0 Å². The first-order valence-corrected chi connectivity index (χ1v) is 8.38. The molecule has 4 heteroatoms. The third kappa shape index (κ3) is 2.74. The Hall–Kier alpha value is -2.46. The summed E-state index contributed by atoms with van der Waals surface area (Å²) in [5.74, 6) is 0.968. The van der Waals surface area contributed by atoms with E-state index < -0.39 is 0 Å². The topological polar surface area (TPSA) is 38.2 Å². The summed E-state index contributed by atoms with van der Waals surface area (Å²) in [5, 5.41) is 0. The highest BCUT2D eigenvalue weighted by molar-refractivity contribution is 5.76. The predicted molar refractivity (Wildman–Crippen MR) is 96.4 cm³/mol. The number of nitrogens with zero attached hydrogens (tertiary/aromatic N) is 3. The molecule has 0 amide bonds. The molecular formula is C20H21N3O. The molecule has 4 nitrogen and oxygen atoms in total. The average molecular weight is 319 g/mol. The van der Waals surface area contributed by atoms with Gasteiger partial charge in [0.05, 0.1) is 23.3 Å². The van der Waals surface area contributed by atoms with E-state index in [4.69, 9.17) is 14.7 Å². The molecule has 0 N–H and O–H groups in total. The third-order valence-electron chi connectivity index (χ3n) is 4.62. The molecule has 1 saturated heterocycles. The Bertz CT molecular complexity index is 878. The number of fused-ring (bicyclic) bond motifs is 1. The second kappa shape index (κ2) is 6.21. The largest absolute Gasteiger partial charge is 0.370 e. The molecule has 2 aromatic carbocycles. The molecule has 1 aromatic heterocycles. The van der Waals surface area contributed by atoms with E-state index in [9.17, 15) is 0 Å². The molecule has 4 rings (SSSR count). The molecule has 3 aromatic rings. The van der Waals surface area contributed by atoms with Crippen molar-refractivity contribution in [1.82, 2.24) is 9.97 Å². The normalized spacial score (nSPS) is 18.1. The molecule has 1 aliphatic rings. The standard InChI is InChI=1S/C20H21N3O/c1-14-7-3-4-8-16(14)19-13-23(11-12-24-19)20-15(2)21-17-9-5-6-10-18(17)22-20/h3-10,19H,11-13H2,1-2H3. The zero-order chi connectivity index (χ0) is 16.5. The predicted octanol–water partition coefficient (Wildman–Crippen LogP) is 3.82. The van der Waals surface area contributed by atoms with Crippen molar-refractivity contribution in [3.63, 3.8) is 0 Å². The van der Waals surface area contributed by atoms with E-state index in [0.717, 1.165) is 35.6 Å². The lowest BCUT2D eigenvalue weighted by atomic mass is 10.0. The molecule has 2 heterocycles. The summed E-state index contributed by atoms with van der Waals surface area (Å²) in [6, 6.07) is 16.5. The van der Waals surface area contributed by atoms with Crippen LogP contribution in [0.25, 0.3) is 11.0 Å². The van der Waals surface area contributed by atoms with Crippen LogP contribution >= 0.6 is 0 Å². The Balaban J connectivity index is 1.67. The molecule has 24 heavy (non-hydrogen) atoms. The summed E-state index contributed by atoms with van der Waals surface area (Å²) >= 11 is 0. The number of aromatic nitrogens is 2. The molecule has 1 fully saturated rings. The smallest absolute Gasteiger partial charge is 0.150 e. The quantitative estimate of drug-likeness (QED) is 0.719. The number of anilines is 1. The number of aryl methyl sites for hydroxylation is 2. The number of para-hydroxylation sites is 2. The Labute approximate surface area is 142 Å². The first-order valence-electron chi connectivity index (χ1n) is 8.38. The molecule has 1 aliphatic heterocycles. The maximum absolute atomic E-state index is 6.03. The summed E-state index contributed by atoms with van der Waals surface area (Å²) in [6.07, 6.45) is 0.0765. The molecule has 1 unspecified atom stereocenters. The average Bonchev–Trinajstić information content (AvgIpc) is 2.61. The van der Waals surface area contributed by atoms with E-state index in [0.29, 0.717) is 6.61 Å². The zero-order valence-electron chi connectivity index (χ0n) is 14.1. The van der Waals surface area contributed by atoms with Gasteiger partial charge in [-0.3, -0.25) is 0 Å². The van der Waals surface area contributed by atoms with Gasteiger partial charge in [-0.2, -0.15) is 0 Å². The lowest BCUT2D eigenvalue weighted by molar-refractivity contribution is 0.0391. The van der Waals surface area contributed by atoms with E-state index in [1.165, 1.54) is 11.1 Å². The Kier molecular flexibility index (Phi) is 3.90. The Morgan fingerprint density at radius 1 is 0.958 bits per heavy atom. The minimum Gasteiger partial charge on any atom is -0.370 e. The van der Waals surface area contributed by atoms with E-state index in [1.54, 1.807) is 0 Å². The van der Waals surface area contributed by atoms with Crippen molar-refractivity contribution in [2.75, 3.05) is 24.6 Å². The van der Waals surface area contributed by atoms with Crippen molar-refractivity contribution < 1.29 is 4.74 Å². The fourth-order valence-electron chi connectivity index (χ4n) is 3.36. The highest BCUT2D eigenvalue weighted by atomic mass is 16.5. The van der Waals surface area contributed by atoms with Gasteiger partial charge in [-0.15, -0.1) is 0 Å². The monoisotopic (exact) mass is 319 g/mol. The van der Waals surface area contributed by atoms with E-state index >= 15 is 0 Å². The van der Waals surface area contributed by atoms with Crippen molar-refractivity contribution >= 4 is 16.9 Å². The van der Waals surface area contributed by atoms with E-state index in [-0.39, 0.29) is 6.10 Å². The highest BCUT2D eigenvalue weighted by Crippen LogP contribution is 2.29. The molecule has 0 saturated carbocycles. The van der Waals surface area contributed by atoms with Gasteiger partial charge in [-0.1, -0.05) is 36.4 Å². The second-order valence-electron chi connectivity index (χ2n) is 6.28. The lowest BCUT2D eigenvalue weighted by Gasteiger charge is -2.35. The zero-order valence-corrected chi connectivity index (χ0v) is 14.1. The van der Waals surface area contributed by atoms with Crippen LogP contribution in [0.2, 0.25) is 0 Å². The van der Waals surface area contributed by atoms with Crippen molar-refractivity contribution in [1.29, 1.82) is 0 Å². The SMILES string of the molecule is Cc1ccccc1C1CN(c2nc3ccccc3nc2C)CCO1. The van der Waals surface area contributed by atoms with E-state index in [2.05, 4.69) is 36.1 Å².